The van der Waals surface area contributed by atoms with Gasteiger partial charge in [0.2, 0.25) is 0 Å². The van der Waals surface area contributed by atoms with Crippen LogP contribution >= 0.6 is 35.7 Å². The first-order chi connectivity index (χ1) is 9.76. The number of thioether (sulfide) groups is 1. The SMILES string of the molecule is CCNC(=NCCSc1ccccc1)NC(C)COC.I. The first kappa shape index (κ1) is 20.5. The van der Waals surface area contributed by atoms with E-state index in [9.17, 15) is 0 Å². The summed E-state index contributed by atoms with van der Waals surface area (Å²) in [6.07, 6.45) is 0. The van der Waals surface area contributed by atoms with Crippen molar-refractivity contribution in [2.45, 2.75) is 24.8 Å². The fraction of sp³-hybridized carbons (Fsp3) is 0.533. The average Bonchev–Trinajstić information content (AvgIpc) is 2.45. The van der Waals surface area contributed by atoms with Crippen molar-refractivity contribution in [2.75, 3.05) is 32.6 Å². The van der Waals surface area contributed by atoms with Crippen LogP contribution in [0.3, 0.4) is 0 Å². The van der Waals surface area contributed by atoms with Gasteiger partial charge in [-0.15, -0.1) is 35.7 Å². The van der Waals surface area contributed by atoms with Gasteiger partial charge in [-0.3, -0.25) is 4.99 Å². The number of nitrogens with one attached hydrogen (secondary N) is 2. The highest BCUT2D eigenvalue weighted by molar-refractivity contribution is 14.0. The maximum atomic E-state index is 5.12. The Balaban J connectivity index is 0.00000400. The van der Waals surface area contributed by atoms with Crippen LogP contribution in [0.2, 0.25) is 0 Å². The van der Waals surface area contributed by atoms with E-state index in [-0.39, 0.29) is 30.0 Å². The van der Waals surface area contributed by atoms with Crippen molar-refractivity contribution in [3.05, 3.63) is 30.3 Å². The summed E-state index contributed by atoms with van der Waals surface area (Å²) in [5.74, 6) is 1.82. The molecule has 0 heterocycles. The molecule has 0 aliphatic heterocycles. The zero-order chi connectivity index (χ0) is 14.6. The maximum absolute atomic E-state index is 5.12. The molecule has 0 aliphatic rings. The molecule has 1 aromatic rings. The van der Waals surface area contributed by atoms with Crippen LogP contribution in [-0.2, 0) is 4.74 Å². The van der Waals surface area contributed by atoms with E-state index in [2.05, 4.69) is 53.7 Å². The van der Waals surface area contributed by atoms with Gasteiger partial charge >= 0.3 is 0 Å². The lowest BCUT2D eigenvalue weighted by Crippen LogP contribution is -2.44. The van der Waals surface area contributed by atoms with Gasteiger partial charge in [-0.25, -0.2) is 0 Å². The van der Waals surface area contributed by atoms with Crippen molar-refractivity contribution in [2.24, 2.45) is 4.99 Å². The lowest BCUT2D eigenvalue weighted by Gasteiger charge is -2.16. The van der Waals surface area contributed by atoms with E-state index in [1.54, 1.807) is 7.11 Å². The molecule has 4 nitrogen and oxygen atoms in total. The highest BCUT2D eigenvalue weighted by atomic mass is 127. The molecule has 0 aliphatic carbocycles. The first-order valence-electron chi connectivity index (χ1n) is 6.98. The normalized spacial score (nSPS) is 12.4. The van der Waals surface area contributed by atoms with Gasteiger partial charge in [0.25, 0.3) is 0 Å². The Morgan fingerprint density at radius 2 is 2.05 bits per heavy atom. The van der Waals surface area contributed by atoms with Crippen molar-refractivity contribution >= 4 is 41.7 Å². The van der Waals surface area contributed by atoms with Crippen LogP contribution in [0, 0.1) is 0 Å². The molecule has 0 saturated heterocycles. The molecule has 0 saturated carbocycles. The van der Waals surface area contributed by atoms with Crippen molar-refractivity contribution in [3.63, 3.8) is 0 Å². The van der Waals surface area contributed by atoms with Crippen LogP contribution in [0.15, 0.2) is 40.2 Å². The van der Waals surface area contributed by atoms with E-state index < -0.39 is 0 Å². The molecule has 1 unspecified atom stereocenters. The van der Waals surface area contributed by atoms with Gasteiger partial charge in [0.1, 0.15) is 0 Å². The predicted octanol–water partition coefficient (Wildman–Crippen LogP) is 2.99. The third kappa shape index (κ3) is 9.97. The Labute approximate surface area is 149 Å². The first-order valence-corrected chi connectivity index (χ1v) is 7.96. The third-order valence-electron chi connectivity index (χ3n) is 2.52. The fourth-order valence-corrected chi connectivity index (χ4v) is 2.45. The fourth-order valence-electron chi connectivity index (χ4n) is 1.68. The molecule has 0 aromatic heterocycles. The van der Waals surface area contributed by atoms with Gasteiger partial charge in [0.05, 0.1) is 13.2 Å². The molecule has 1 aromatic carbocycles. The van der Waals surface area contributed by atoms with Gasteiger partial charge in [0.15, 0.2) is 5.96 Å². The summed E-state index contributed by atoms with van der Waals surface area (Å²) in [5, 5.41) is 6.57. The highest BCUT2D eigenvalue weighted by Crippen LogP contribution is 2.16. The second-order valence-electron chi connectivity index (χ2n) is 4.42. The number of ether oxygens (including phenoxy) is 1. The standard InChI is InChI=1S/C15H25N3OS.HI/c1-4-16-15(18-13(2)12-19-3)17-10-11-20-14-8-6-5-7-9-14;/h5-9,13H,4,10-12H2,1-3H3,(H2,16,17,18);1H. The van der Waals surface area contributed by atoms with Crippen LogP contribution in [0.25, 0.3) is 0 Å². The molecule has 0 fully saturated rings. The van der Waals surface area contributed by atoms with Crippen molar-refractivity contribution in [3.8, 4) is 0 Å². The largest absolute Gasteiger partial charge is 0.383 e. The number of hydrogen-bond donors (Lipinski definition) is 2. The van der Waals surface area contributed by atoms with E-state index in [1.165, 1.54) is 4.90 Å². The Morgan fingerprint density at radius 3 is 2.67 bits per heavy atom. The van der Waals surface area contributed by atoms with Gasteiger partial charge < -0.3 is 15.4 Å². The summed E-state index contributed by atoms with van der Waals surface area (Å²) in [6, 6.07) is 10.6. The van der Waals surface area contributed by atoms with Crippen molar-refractivity contribution < 1.29 is 4.74 Å². The van der Waals surface area contributed by atoms with Gasteiger partial charge in [-0.05, 0) is 26.0 Å². The van der Waals surface area contributed by atoms with Crippen LogP contribution in [0.4, 0.5) is 0 Å². The number of hydrogen-bond acceptors (Lipinski definition) is 3. The van der Waals surface area contributed by atoms with Gasteiger partial charge in [0, 0.05) is 30.3 Å². The second kappa shape index (κ2) is 13.2. The van der Waals surface area contributed by atoms with E-state index in [0.717, 1.165) is 24.8 Å². The number of halogens is 1. The number of benzene rings is 1. The molecule has 1 atom stereocenters. The van der Waals surface area contributed by atoms with E-state index >= 15 is 0 Å². The highest BCUT2D eigenvalue weighted by Gasteiger charge is 2.03. The number of aliphatic imine (C=N–C) groups is 1. The number of guanidine groups is 1. The zero-order valence-electron chi connectivity index (χ0n) is 13.0. The molecular weight excluding hydrogens is 397 g/mol. The minimum absolute atomic E-state index is 0. The predicted molar refractivity (Wildman–Crippen MR) is 103 cm³/mol. The second-order valence-corrected chi connectivity index (χ2v) is 5.59. The molecule has 0 bridgehead atoms. The summed E-state index contributed by atoms with van der Waals surface area (Å²) in [6.45, 7) is 6.46. The number of methoxy groups -OCH3 is 1. The topological polar surface area (TPSA) is 45.7 Å². The average molecular weight is 423 g/mol. The van der Waals surface area contributed by atoms with Crippen LogP contribution in [0.1, 0.15) is 13.8 Å². The number of rotatable bonds is 8. The molecule has 1 rings (SSSR count). The summed E-state index contributed by atoms with van der Waals surface area (Å²) < 4.78 is 5.12. The van der Waals surface area contributed by atoms with Crippen LogP contribution in [-0.4, -0.2) is 44.6 Å². The van der Waals surface area contributed by atoms with E-state index in [1.807, 2.05) is 17.8 Å². The molecule has 0 radical (unpaired) electrons. The molecule has 6 heteroatoms. The van der Waals surface area contributed by atoms with Crippen molar-refractivity contribution in [1.29, 1.82) is 0 Å². The molecule has 0 spiro atoms. The van der Waals surface area contributed by atoms with E-state index in [4.69, 9.17) is 4.74 Å². The van der Waals surface area contributed by atoms with Crippen molar-refractivity contribution in [1.82, 2.24) is 10.6 Å². The monoisotopic (exact) mass is 423 g/mol. The van der Waals surface area contributed by atoms with Crippen LogP contribution < -0.4 is 10.6 Å². The molecule has 21 heavy (non-hydrogen) atoms. The summed E-state index contributed by atoms with van der Waals surface area (Å²) in [4.78, 5) is 5.85. The maximum Gasteiger partial charge on any atom is 0.191 e. The Morgan fingerprint density at radius 1 is 1.33 bits per heavy atom. The quantitative estimate of drug-likeness (QED) is 0.222. The lowest BCUT2D eigenvalue weighted by atomic mass is 10.4. The smallest absolute Gasteiger partial charge is 0.191 e. The minimum atomic E-state index is 0. The molecule has 0 amide bonds. The third-order valence-corrected chi connectivity index (χ3v) is 3.51. The number of nitrogens with zero attached hydrogens (tertiary/aromatic N) is 1. The Kier molecular flexibility index (Phi) is 12.9. The minimum Gasteiger partial charge on any atom is -0.383 e. The van der Waals surface area contributed by atoms with Crippen LogP contribution in [0.5, 0.6) is 0 Å². The summed E-state index contributed by atoms with van der Waals surface area (Å²) >= 11 is 1.82. The Hall–Kier alpha value is -0.470. The van der Waals surface area contributed by atoms with Gasteiger partial charge in [-0.1, -0.05) is 18.2 Å². The molecular formula is C15H26IN3OS. The van der Waals surface area contributed by atoms with Gasteiger partial charge in [-0.2, -0.15) is 0 Å². The molecule has 120 valence electrons. The Bertz CT molecular complexity index is 390. The summed E-state index contributed by atoms with van der Waals surface area (Å²) in [7, 11) is 1.71. The van der Waals surface area contributed by atoms with E-state index in [0.29, 0.717) is 6.61 Å². The molecule has 2 N–H and O–H groups in total. The summed E-state index contributed by atoms with van der Waals surface area (Å²) in [5.41, 5.74) is 0. The lowest BCUT2D eigenvalue weighted by molar-refractivity contribution is 0.179. The zero-order valence-corrected chi connectivity index (χ0v) is 16.1.